The van der Waals surface area contributed by atoms with Gasteiger partial charge in [0.15, 0.2) is 0 Å². The molecule has 0 aromatic heterocycles. The molecule has 4 heteroatoms. The quantitative estimate of drug-likeness (QED) is 0.787. The molecular weight excluding hydrogens is 200 g/mol. The van der Waals surface area contributed by atoms with Gasteiger partial charge in [-0.1, -0.05) is 13.0 Å². The van der Waals surface area contributed by atoms with E-state index in [-0.39, 0.29) is 12.2 Å². The van der Waals surface area contributed by atoms with Gasteiger partial charge in [-0.25, -0.2) is 8.78 Å². The molecule has 0 spiro atoms. The van der Waals surface area contributed by atoms with E-state index in [1.54, 1.807) is 0 Å². The highest BCUT2D eigenvalue weighted by Gasteiger charge is 2.18. The van der Waals surface area contributed by atoms with E-state index < -0.39 is 17.7 Å². The van der Waals surface area contributed by atoms with Gasteiger partial charge in [-0.15, -0.1) is 0 Å². The lowest BCUT2D eigenvalue weighted by atomic mass is 10.1. The van der Waals surface area contributed by atoms with E-state index in [4.69, 9.17) is 5.11 Å². The van der Waals surface area contributed by atoms with Gasteiger partial charge >= 0.3 is 0 Å². The van der Waals surface area contributed by atoms with Crippen molar-refractivity contribution in [2.75, 3.05) is 13.2 Å². The maximum atomic E-state index is 13.3. The first-order valence-electron chi connectivity index (χ1n) is 4.98. The zero-order chi connectivity index (χ0) is 11.3. The fraction of sp³-hybridized carbons (Fsp3) is 0.455. The van der Waals surface area contributed by atoms with E-state index in [0.29, 0.717) is 6.54 Å². The molecule has 0 aliphatic carbocycles. The normalized spacial score (nSPS) is 12.8. The molecule has 0 amide bonds. The highest BCUT2D eigenvalue weighted by Crippen LogP contribution is 2.20. The van der Waals surface area contributed by atoms with Crippen LogP contribution in [-0.4, -0.2) is 18.3 Å². The second-order valence-electron chi connectivity index (χ2n) is 3.32. The molecule has 1 rings (SSSR count). The van der Waals surface area contributed by atoms with Gasteiger partial charge in [-0.3, -0.25) is 0 Å². The maximum absolute atomic E-state index is 13.3. The van der Waals surface area contributed by atoms with Crippen molar-refractivity contribution in [1.82, 2.24) is 5.32 Å². The Balaban J connectivity index is 2.90. The molecule has 84 valence electrons. The van der Waals surface area contributed by atoms with Crippen LogP contribution in [0.3, 0.4) is 0 Å². The summed E-state index contributed by atoms with van der Waals surface area (Å²) < 4.78 is 26.6. The first-order chi connectivity index (χ1) is 7.20. The Bertz CT molecular complexity index is 297. The van der Waals surface area contributed by atoms with Gasteiger partial charge < -0.3 is 10.4 Å². The second kappa shape index (κ2) is 5.78. The van der Waals surface area contributed by atoms with E-state index in [1.165, 1.54) is 18.2 Å². The Labute approximate surface area is 87.9 Å². The SMILES string of the molecule is CCCNC(CO)c1c(F)cccc1F. The summed E-state index contributed by atoms with van der Waals surface area (Å²) in [5.41, 5.74) is -0.0894. The smallest absolute Gasteiger partial charge is 0.131 e. The number of halogens is 2. The van der Waals surface area contributed by atoms with Crippen LogP contribution in [-0.2, 0) is 0 Å². The lowest BCUT2D eigenvalue weighted by Gasteiger charge is -2.17. The second-order valence-corrected chi connectivity index (χ2v) is 3.32. The molecule has 0 heterocycles. The van der Waals surface area contributed by atoms with Crippen LogP contribution in [0, 0.1) is 11.6 Å². The van der Waals surface area contributed by atoms with Gasteiger partial charge in [0, 0.05) is 5.56 Å². The van der Waals surface area contributed by atoms with E-state index >= 15 is 0 Å². The van der Waals surface area contributed by atoms with Crippen molar-refractivity contribution in [3.8, 4) is 0 Å². The Morgan fingerprint density at radius 3 is 2.40 bits per heavy atom. The van der Waals surface area contributed by atoms with Crippen molar-refractivity contribution in [2.24, 2.45) is 0 Å². The van der Waals surface area contributed by atoms with Crippen molar-refractivity contribution in [3.05, 3.63) is 35.4 Å². The minimum atomic E-state index is -0.675. The predicted molar refractivity (Wildman–Crippen MR) is 54.5 cm³/mol. The van der Waals surface area contributed by atoms with Gasteiger partial charge in [-0.05, 0) is 25.1 Å². The van der Waals surface area contributed by atoms with Crippen molar-refractivity contribution >= 4 is 0 Å². The number of nitrogens with one attached hydrogen (secondary N) is 1. The summed E-state index contributed by atoms with van der Waals surface area (Å²) in [6.07, 6.45) is 0.840. The topological polar surface area (TPSA) is 32.3 Å². The largest absolute Gasteiger partial charge is 0.394 e. The molecule has 0 radical (unpaired) electrons. The van der Waals surface area contributed by atoms with E-state index in [9.17, 15) is 8.78 Å². The molecule has 1 aromatic rings. The number of aliphatic hydroxyl groups is 1. The summed E-state index contributed by atoms with van der Waals surface area (Å²) in [5, 5.41) is 11.9. The third kappa shape index (κ3) is 2.97. The third-order valence-electron chi connectivity index (χ3n) is 2.17. The van der Waals surface area contributed by atoms with Gasteiger partial charge in [0.1, 0.15) is 11.6 Å². The average Bonchev–Trinajstić information content (AvgIpc) is 2.22. The lowest BCUT2D eigenvalue weighted by Crippen LogP contribution is -2.26. The van der Waals surface area contributed by atoms with Gasteiger partial charge in [0.2, 0.25) is 0 Å². The number of aliphatic hydroxyl groups excluding tert-OH is 1. The minimum absolute atomic E-state index is 0.0894. The molecular formula is C11H15F2NO. The Hall–Kier alpha value is -1.00. The molecule has 0 aliphatic heterocycles. The highest BCUT2D eigenvalue weighted by atomic mass is 19.1. The number of rotatable bonds is 5. The molecule has 2 nitrogen and oxygen atoms in total. The maximum Gasteiger partial charge on any atom is 0.131 e. The molecule has 1 unspecified atom stereocenters. The van der Waals surface area contributed by atoms with Crippen LogP contribution in [0.2, 0.25) is 0 Å². The molecule has 2 N–H and O–H groups in total. The molecule has 0 fully saturated rings. The van der Waals surface area contributed by atoms with Crippen LogP contribution in [0.25, 0.3) is 0 Å². The molecule has 0 saturated carbocycles. The average molecular weight is 215 g/mol. The number of benzene rings is 1. The van der Waals surface area contributed by atoms with Crippen molar-refractivity contribution in [3.63, 3.8) is 0 Å². The molecule has 0 bridgehead atoms. The van der Waals surface area contributed by atoms with Gasteiger partial charge in [0.25, 0.3) is 0 Å². The molecule has 15 heavy (non-hydrogen) atoms. The Kier molecular flexibility index (Phi) is 4.65. The highest BCUT2D eigenvalue weighted by molar-refractivity contribution is 5.23. The number of hydrogen-bond acceptors (Lipinski definition) is 2. The fourth-order valence-electron chi connectivity index (χ4n) is 1.42. The lowest BCUT2D eigenvalue weighted by molar-refractivity contribution is 0.238. The fourth-order valence-corrected chi connectivity index (χ4v) is 1.42. The van der Waals surface area contributed by atoms with Crippen LogP contribution in [0.1, 0.15) is 24.9 Å². The summed E-state index contributed by atoms with van der Waals surface area (Å²) in [5.74, 6) is -1.25. The Morgan fingerprint density at radius 2 is 1.93 bits per heavy atom. The van der Waals surface area contributed by atoms with Gasteiger partial charge in [0.05, 0.1) is 12.6 Å². The van der Waals surface area contributed by atoms with Crippen LogP contribution >= 0.6 is 0 Å². The molecule has 1 aromatic carbocycles. The summed E-state index contributed by atoms with van der Waals surface area (Å²) in [4.78, 5) is 0. The van der Waals surface area contributed by atoms with Crippen LogP contribution in [0.4, 0.5) is 8.78 Å². The standard InChI is InChI=1S/C11H15F2NO/c1-2-6-14-10(7-15)11-8(12)4-3-5-9(11)13/h3-5,10,14-15H,2,6-7H2,1H3. The van der Waals surface area contributed by atoms with Crippen LogP contribution < -0.4 is 5.32 Å². The Morgan fingerprint density at radius 1 is 1.33 bits per heavy atom. The van der Waals surface area contributed by atoms with E-state index in [1.807, 2.05) is 6.92 Å². The van der Waals surface area contributed by atoms with Crippen LogP contribution in [0.15, 0.2) is 18.2 Å². The monoisotopic (exact) mass is 215 g/mol. The first-order valence-corrected chi connectivity index (χ1v) is 4.98. The molecule has 0 saturated heterocycles. The minimum Gasteiger partial charge on any atom is -0.394 e. The number of hydrogen-bond donors (Lipinski definition) is 2. The van der Waals surface area contributed by atoms with Crippen molar-refractivity contribution in [1.29, 1.82) is 0 Å². The van der Waals surface area contributed by atoms with E-state index in [0.717, 1.165) is 6.42 Å². The van der Waals surface area contributed by atoms with Crippen LogP contribution in [0.5, 0.6) is 0 Å². The zero-order valence-electron chi connectivity index (χ0n) is 8.63. The first kappa shape index (κ1) is 12.1. The predicted octanol–water partition coefficient (Wildman–Crippen LogP) is 2.00. The summed E-state index contributed by atoms with van der Waals surface area (Å²) in [7, 11) is 0. The summed E-state index contributed by atoms with van der Waals surface area (Å²) in [6.45, 7) is 2.23. The molecule has 0 aliphatic rings. The van der Waals surface area contributed by atoms with Crippen molar-refractivity contribution < 1.29 is 13.9 Å². The summed E-state index contributed by atoms with van der Waals surface area (Å²) >= 11 is 0. The zero-order valence-corrected chi connectivity index (χ0v) is 8.63. The van der Waals surface area contributed by atoms with Crippen molar-refractivity contribution in [2.45, 2.75) is 19.4 Å². The summed E-state index contributed by atoms with van der Waals surface area (Å²) in [6, 6.07) is 3.01. The molecule has 1 atom stereocenters. The van der Waals surface area contributed by atoms with E-state index in [2.05, 4.69) is 5.32 Å². The third-order valence-corrected chi connectivity index (χ3v) is 2.17. The van der Waals surface area contributed by atoms with Gasteiger partial charge in [-0.2, -0.15) is 0 Å².